The topological polar surface area (TPSA) is 65.4 Å². The second kappa shape index (κ2) is 9.61. The third-order valence-corrected chi connectivity index (χ3v) is 4.36. The number of nitrogens with one attached hydrogen (secondary N) is 1. The summed E-state index contributed by atoms with van der Waals surface area (Å²) in [5.41, 5.74) is 0.180. The van der Waals surface area contributed by atoms with Gasteiger partial charge in [-0.25, -0.2) is 13.2 Å². The van der Waals surface area contributed by atoms with Crippen LogP contribution in [0.15, 0.2) is 41.3 Å². The van der Waals surface area contributed by atoms with Gasteiger partial charge in [0, 0.05) is 25.1 Å². The van der Waals surface area contributed by atoms with Gasteiger partial charge in [0.05, 0.1) is 13.2 Å². The van der Waals surface area contributed by atoms with Crippen LogP contribution < -0.4 is 15.6 Å². The van der Waals surface area contributed by atoms with Crippen LogP contribution in [0.3, 0.4) is 0 Å². The van der Waals surface area contributed by atoms with E-state index in [9.17, 15) is 22.4 Å². The van der Waals surface area contributed by atoms with Crippen LogP contribution in [0.4, 0.5) is 29.2 Å². The van der Waals surface area contributed by atoms with Crippen LogP contribution in [0.2, 0.25) is 0 Å². The van der Waals surface area contributed by atoms with Crippen molar-refractivity contribution in [3.63, 3.8) is 0 Å². The molecule has 0 unspecified atom stereocenters. The number of anilines is 2. The molecule has 0 amide bonds. The van der Waals surface area contributed by atoms with E-state index in [1.165, 1.54) is 0 Å². The Labute approximate surface area is 175 Å². The largest absolute Gasteiger partial charge is 0.491 e. The van der Waals surface area contributed by atoms with Gasteiger partial charge in [-0.3, -0.25) is 4.79 Å². The van der Waals surface area contributed by atoms with Crippen LogP contribution in [-0.2, 0) is 11.3 Å². The smallest absolute Gasteiger partial charge is 0.310 e. The van der Waals surface area contributed by atoms with E-state index in [0.29, 0.717) is 24.7 Å². The number of benzene rings is 2. The van der Waals surface area contributed by atoms with E-state index in [1.54, 1.807) is 32.2 Å². The molecule has 0 saturated carbocycles. The van der Waals surface area contributed by atoms with Crippen molar-refractivity contribution in [2.45, 2.75) is 13.5 Å². The van der Waals surface area contributed by atoms with E-state index >= 15 is 0 Å². The van der Waals surface area contributed by atoms with Gasteiger partial charge in [-0.1, -0.05) is 6.07 Å². The third kappa shape index (κ3) is 5.40. The lowest BCUT2D eigenvalue weighted by Crippen LogP contribution is -2.20. The predicted molar refractivity (Wildman–Crippen MR) is 106 cm³/mol. The van der Waals surface area contributed by atoms with E-state index in [2.05, 4.69) is 10.3 Å². The molecule has 3 aromatic rings. The standard InChI is InChI=1S/C21H19F4N3O3/c1-12-3-4-14(31-6-5-30-2)9-18(12)26-21-27-20(29)17(24)11-28(21)10-13-7-15(22)19(25)16(23)8-13/h3-4,7-9,11H,5-6,10H2,1-2H3,(H,26,27,29). The molecule has 0 aliphatic heterocycles. The third-order valence-electron chi connectivity index (χ3n) is 4.36. The second-order valence-electron chi connectivity index (χ2n) is 6.66. The van der Waals surface area contributed by atoms with Crippen LogP contribution in [0, 0.1) is 30.2 Å². The first-order valence-electron chi connectivity index (χ1n) is 9.18. The van der Waals surface area contributed by atoms with Gasteiger partial charge in [0.2, 0.25) is 11.8 Å². The van der Waals surface area contributed by atoms with E-state index in [0.717, 1.165) is 28.5 Å². The molecule has 0 atom stereocenters. The van der Waals surface area contributed by atoms with Gasteiger partial charge < -0.3 is 19.4 Å². The molecule has 2 aromatic carbocycles. The Morgan fingerprint density at radius 3 is 2.42 bits per heavy atom. The molecule has 1 aromatic heterocycles. The summed E-state index contributed by atoms with van der Waals surface area (Å²) in [6, 6.07) is 6.73. The average molecular weight is 437 g/mol. The van der Waals surface area contributed by atoms with Crippen LogP contribution in [0.5, 0.6) is 5.75 Å². The maximum Gasteiger partial charge on any atom is 0.310 e. The summed E-state index contributed by atoms with van der Waals surface area (Å²) in [7, 11) is 1.55. The average Bonchev–Trinajstić information content (AvgIpc) is 2.72. The summed E-state index contributed by atoms with van der Waals surface area (Å²) in [4.78, 5) is 15.4. The van der Waals surface area contributed by atoms with Crippen LogP contribution in [0.25, 0.3) is 0 Å². The zero-order valence-corrected chi connectivity index (χ0v) is 16.7. The van der Waals surface area contributed by atoms with Gasteiger partial charge in [-0.05, 0) is 36.2 Å². The molecule has 0 radical (unpaired) electrons. The number of rotatable bonds is 8. The van der Waals surface area contributed by atoms with Gasteiger partial charge in [-0.2, -0.15) is 9.37 Å². The molecule has 0 aliphatic carbocycles. The number of ether oxygens (including phenoxy) is 2. The highest BCUT2D eigenvalue weighted by Crippen LogP contribution is 2.25. The Balaban J connectivity index is 1.94. The zero-order valence-electron chi connectivity index (χ0n) is 16.7. The van der Waals surface area contributed by atoms with Gasteiger partial charge in [0.1, 0.15) is 12.4 Å². The maximum atomic E-state index is 13.9. The lowest BCUT2D eigenvalue weighted by molar-refractivity contribution is 0.146. The Hall–Kier alpha value is -3.40. The Morgan fingerprint density at radius 1 is 1.03 bits per heavy atom. The number of aromatic nitrogens is 2. The first kappa shape index (κ1) is 22.3. The molecule has 0 spiro atoms. The summed E-state index contributed by atoms with van der Waals surface area (Å²) in [6.45, 7) is 2.22. The highest BCUT2D eigenvalue weighted by molar-refractivity contribution is 5.61. The van der Waals surface area contributed by atoms with E-state index in [-0.39, 0.29) is 18.1 Å². The highest BCUT2D eigenvalue weighted by atomic mass is 19.2. The molecule has 0 aliphatic rings. The molecule has 0 saturated heterocycles. The van der Waals surface area contributed by atoms with Gasteiger partial charge >= 0.3 is 5.56 Å². The van der Waals surface area contributed by atoms with Gasteiger partial charge in [-0.15, -0.1) is 0 Å². The first-order chi connectivity index (χ1) is 14.8. The molecule has 6 nitrogen and oxygen atoms in total. The van der Waals surface area contributed by atoms with Crippen LogP contribution in [0.1, 0.15) is 11.1 Å². The molecule has 1 N–H and O–H groups in total. The fraction of sp³-hybridized carbons (Fsp3) is 0.238. The van der Waals surface area contributed by atoms with Crippen molar-refractivity contribution in [2.75, 3.05) is 25.6 Å². The molecular formula is C21H19F4N3O3. The van der Waals surface area contributed by atoms with Crippen LogP contribution in [-0.4, -0.2) is 29.9 Å². The fourth-order valence-electron chi connectivity index (χ4n) is 2.77. The summed E-state index contributed by atoms with van der Waals surface area (Å²) in [5, 5.41) is 2.91. The maximum absolute atomic E-state index is 13.9. The summed E-state index contributed by atoms with van der Waals surface area (Å²) >= 11 is 0. The summed E-state index contributed by atoms with van der Waals surface area (Å²) in [6.07, 6.45) is 0.852. The van der Waals surface area contributed by atoms with Crippen molar-refractivity contribution < 1.29 is 27.0 Å². The Kier molecular flexibility index (Phi) is 6.91. The number of aryl methyl sites for hydroxylation is 1. The van der Waals surface area contributed by atoms with Crippen molar-refractivity contribution in [3.8, 4) is 5.75 Å². The SMILES string of the molecule is COCCOc1ccc(C)c(Nc2nc(=O)c(F)cn2Cc2cc(F)c(F)c(F)c2)c1. The number of methoxy groups -OCH3 is 1. The van der Waals surface area contributed by atoms with Crippen molar-refractivity contribution >= 4 is 11.6 Å². The van der Waals surface area contributed by atoms with Crippen molar-refractivity contribution in [1.82, 2.24) is 9.55 Å². The molecule has 0 fully saturated rings. The zero-order chi connectivity index (χ0) is 22.5. The number of halogens is 4. The Morgan fingerprint density at radius 2 is 1.74 bits per heavy atom. The van der Waals surface area contributed by atoms with E-state index in [4.69, 9.17) is 9.47 Å². The lowest BCUT2D eigenvalue weighted by atomic mass is 10.2. The monoisotopic (exact) mass is 437 g/mol. The lowest BCUT2D eigenvalue weighted by Gasteiger charge is -2.16. The molecule has 10 heteroatoms. The molecule has 3 rings (SSSR count). The number of hydrogen-bond acceptors (Lipinski definition) is 5. The number of nitrogens with zero attached hydrogens (tertiary/aromatic N) is 2. The van der Waals surface area contributed by atoms with Crippen molar-refractivity contribution in [1.29, 1.82) is 0 Å². The molecule has 1 heterocycles. The molecule has 0 bridgehead atoms. The Bertz CT molecular complexity index is 1130. The summed E-state index contributed by atoms with van der Waals surface area (Å²) < 4.78 is 65.9. The minimum atomic E-state index is -1.60. The molecular weight excluding hydrogens is 418 g/mol. The summed E-state index contributed by atoms with van der Waals surface area (Å²) in [5.74, 6) is -5.07. The van der Waals surface area contributed by atoms with Crippen molar-refractivity contribution in [3.05, 3.63) is 81.3 Å². The molecule has 164 valence electrons. The van der Waals surface area contributed by atoms with Crippen molar-refractivity contribution in [2.24, 2.45) is 0 Å². The predicted octanol–water partition coefficient (Wildman–Crippen LogP) is 3.93. The second-order valence-corrected chi connectivity index (χ2v) is 6.66. The minimum Gasteiger partial charge on any atom is -0.491 e. The van der Waals surface area contributed by atoms with Crippen LogP contribution >= 0.6 is 0 Å². The van der Waals surface area contributed by atoms with E-state index in [1.807, 2.05) is 0 Å². The van der Waals surface area contributed by atoms with E-state index < -0.39 is 28.8 Å². The first-order valence-corrected chi connectivity index (χ1v) is 9.18. The fourth-order valence-corrected chi connectivity index (χ4v) is 2.77. The van der Waals surface area contributed by atoms with Gasteiger partial charge in [0.25, 0.3) is 0 Å². The molecule has 31 heavy (non-hydrogen) atoms. The number of hydrogen-bond donors (Lipinski definition) is 1. The van der Waals surface area contributed by atoms with Gasteiger partial charge in [0.15, 0.2) is 17.5 Å². The quantitative estimate of drug-likeness (QED) is 0.329. The highest BCUT2D eigenvalue weighted by Gasteiger charge is 2.14. The minimum absolute atomic E-state index is 0.0117. The normalized spacial score (nSPS) is 10.9.